The number of carbonyl (C=O) groups is 2. The number of aromatic nitrogens is 3. The fourth-order valence-electron chi connectivity index (χ4n) is 4.73. The van der Waals surface area contributed by atoms with Gasteiger partial charge in [0.1, 0.15) is 0 Å². The molecule has 146 valence electrons. The van der Waals surface area contributed by atoms with Crippen LogP contribution >= 0.6 is 0 Å². The van der Waals surface area contributed by atoms with Crippen LogP contribution in [0, 0.1) is 6.92 Å². The molecule has 0 bridgehead atoms. The number of hydrogen-bond acceptors (Lipinski definition) is 6. The van der Waals surface area contributed by atoms with Crippen molar-refractivity contribution in [2.75, 3.05) is 6.54 Å². The Morgan fingerprint density at radius 1 is 1.21 bits per heavy atom. The minimum atomic E-state index is -0.404. The fraction of sp³-hybridized carbons (Fsp3) is 0.550. The molecule has 28 heavy (non-hydrogen) atoms. The van der Waals surface area contributed by atoms with Crippen molar-refractivity contribution >= 4 is 11.8 Å². The van der Waals surface area contributed by atoms with Crippen molar-refractivity contribution in [1.29, 1.82) is 0 Å². The Bertz CT molecular complexity index is 920. The van der Waals surface area contributed by atoms with Gasteiger partial charge >= 0.3 is 0 Å². The zero-order valence-corrected chi connectivity index (χ0v) is 15.9. The molecule has 3 aliphatic rings. The number of rotatable bonds is 4. The summed E-state index contributed by atoms with van der Waals surface area (Å²) < 4.78 is 5.48. The van der Waals surface area contributed by atoms with Crippen molar-refractivity contribution in [3.05, 3.63) is 41.4 Å². The third-order valence-electron chi connectivity index (χ3n) is 6.32. The lowest BCUT2D eigenvalue weighted by molar-refractivity contribution is 0.0663. The first-order valence-electron chi connectivity index (χ1n) is 9.95. The molecule has 2 saturated carbocycles. The van der Waals surface area contributed by atoms with E-state index in [-0.39, 0.29) is 17.9 Å². The van der Waals surface area contributed by atoms with Gasteiger partial charge < -0.3 is 14.6 Å². The Morgan fingerprint density at radius 2 is 2.07 bits per heavy atom. The summed E-state index contributed by atoms with van der Waals surface area (Å²) >= 11 is 0. The number of carbonyl (C=O) groups excluding carboxylic acids is 2. The first-order chi connectivity index (χ1) is 13.6. The molecule has 0 spiro atoms. The molecule has 1 aliphatic heterocycles. The van der Waals surface area contributed by atoms with Gasteiger partial charge in [-0.2, -0.15) is 5.10 Å². The molecule has 1 saturated heterocycles. The largest absolute Gasteiger partial charge is 0.438 e. The van der Waals surface area contributed by atoms with Crippen LogP contribution in [0.2, 0.25) is 0 Å². The molecule has 5 rings (SSSR count). The van der Waals surface area contributed by atoms with E-state index in [4.69, 9.17) is 4.42 Å². The molecule has 3 heterocycles. The minimum Gasteiger partial charge on any atom is -0.438 e. The fourth-order valence-corrected chi connectivity index (χ4v) is 4.73. The van der Waals surface area contributed by atoms with Crippen LogP contribution in [-0.4, -0.2) is 50.0 Å². The molecule has 8 nitrogen and oxygen atoms in total. The van der Waals surface area contributed by atoms with Gasteiger partial charge in [-0.15, -0.1) is 5.10 Å². The summed E-state index contributed by atoms with van der Waals surface area (Å²) in [6, 6.07) is 3.44. The predicted molar refractivity (Wildman–Crippen MR) is 98.7 cm³/mol. The second-order valence-corrected chi connectivity index (χ2v) is 8.17. The van der Waals surface area contributed by atoms with Crippen molar-refractivity contribution in [1.82, 2.24) is 25.4 Å². The molecule has 1 N–H and O–H groups in total. The molecule has 0 radical (unpaired) electrons. The van der Waals surface area contributed by atoms with E-state index in [0.717, 1.165) is 49.9 Å². The summed E-state index contributed by atoms with van der Waals surface area (Å²) in [5.41, 5.74) is 1.46. The number of nitrogens with zero attached hydrogens (tertiary/aromatic N) is 4. The van der Waals surface area contributed by atoms with Gasteiger partial charge in [0.25, 0.3) is 11.8 Å². The highest BCUT2D eigenvalue weighted by Gasteiger charge is 2.53. The van der Waals surface area contributed by atoms with Crippen LogP contribution in [0.1, 0.15) is 76.9 Å². The lowest BCUT2D eigenvalue weighted by Gasteiger charge is -2.33. The van der Waals surface area contributed by atoms with E-state index in [1.807, 2.05) is 11.8 Å². The average Bonchev–Trinajstić information content (AvgIpc) is 3.12. The highest BCUT2D eigenvalue weighted by atomic mass is 16.3. The molecule has 2 aromatic heterocycles. The molecule has 2 unspecified atom stereocenters. The number of aryl methyl sites for hydroxylation is 1. The van der Waals surface area contributed by atoms with Gasteiger partial charge in [-0.3, -0.25) is 9.59 Å². The number of nitrogens with one attached hydrogen (secondary N) is 1. The summed E-state index contributed by atoms with van der Waals surface area (Å²) in [4.78, 5) is 32.1. The van der Waals surface area contributed by atoms with E-state index < -0.39 is 5.54 Å². The predicted octanol–water partition coefficient (Wildman–Crippen LogP) is 2.22. The van der Waals surface area contributed by atoms with Crippen LogP contribution in [0.5, 0.6) is 0 Å². The van der Waals surface area contributed by atoms with Gasteiger partial charge in [-0.05, 0) is 57.6 Å². The normalized spacial score (nSPS) is 26.3. The smallest absolute Gasteiger partial charge is 0.291 e. The summed E-state index contributed by atoms with van der Waals surface area (Å²) in [5, 5.41) is 11.2. The van der Waals surface area contributed by atoms with Crippen molar-refractivity contribution in [2.45, 2.75) is 62.9 Å². The summed E-state index contributed by atoms with van der Waals surface area (Å²) in [7, 11) is 0. The Kier molecular flexibility index (Phi) is 3.96. The van der Waals surface area contributed by atoms with Crippen LogP contribution in [0.25, 0.3) is 0 Å². The Morgan fingerprint density at radius 3 is 2.82 bits per heavy atom. The van der Waals surface area contributed by atoms with Crippen LogP contribution in [0.15, 0.2) is 22.9 Å². The summed E-state index contributed by atoms with van der Waals surface area (Å²) in [6.45, 7) is 2.44. The van der Waals surface area contributed by atoms with Crippen LogP contribution < -0.4 is 5.32 Å². The number of amides is 2. The van der Waals surface area contributed by atoms with E-state index in [9.17, 15) is 9.59 Å². The van der Waals surface area contributed by atoms with Gasteiger partial charge in [0.05, 0.1) is 23.0 Å². The maximum atomic E-state index is 13.2. The molecule has 2 aromatic rings. The first-order valence-corrected chi connectivity index (χ1v) is 9.95. The third-order valence-corrected chi connectivity index (χ3v) is 6.32. The number of hydrogen-bond donors (Lipinski definition) is 1. The first kappa shape index (κ1) is 17.3. The monoisotopic (exact) mass is 381 g/mol. The molecule has 2 amide bonds. The number of oxazole rings is 1. The highest BCUT2D eigenvalue weighted by Crippen LogP contribution is 2.44. The van der Waals surface area contributed by atoms with Crippen molar-refractivity contribution < 1.29 is 14.0 Å². The van der Waals surface area contributed by atoms with E-state index >= 15 is 0 Å². The maximum absolute atomic E-state index is 13.2. The number of fused-ring (bicyclic) bond motifs is 1. The van der Waals surface area contributed by atoms with E-state index in [1.54, 1.807) is 12.1 Å². The lowest BCUT2D eigenvalue weighted by Crippen LogP contribution is -2.54. The second kappa shape index (κ2) is 6.39. The van der Waals surface area contributed by atoms with Gasteiger partial charge in [-0.1, -0.05) is 0 Å². The SMILES string of the molecule is Cc1ccc(C(=O)NC23CCCC2N(C(=O)c2ocnc2C2CC2)CC3)nn1. The van der Waals surface area contributed by atoms with Gasteiger partial charge in [-0.25, -0.2) is 4.98 Å². The Balaban J connectivity index is 1.36. The average molecular weight is 381 g/mol. The van der Waals surface area contributed by atoms with Gasteiger partial charge in [0.15, 0.2) is 12.1 Å². The minimum absolute atomic E-state index is 0.0282. The Hall–Kier alpha value is -2.77. The van der Waals surface area contributed by atoms with Crippen LogP contribution in [-0.2, 0) is 0 Å². The quantitative estimate of drug-likeness (QED) is 0.871. The summed E-state index contributed by atoms with van der Waals surface area (Å²) in [6.07, 6.45) is 6.94. The van der Waals surface area contributed by atoms with Crippen LogP contribution in [0.4, 0.5) is 0 Å². The van der Waals surface area contributed by atoms with Crippen molar-refractivity contribution in [2.24, 2.45) is 0 Å². The van der Waals surface area contributed by atoms with Crippen molar-refractivity contribution in [3.63, 3.8) is 0 Å². The third kappa shape index (κ3) is 2.78. The second-order valence-electron chi connectivity index (χ2n) is 8.17. The molecule has 8 heteroatoms. The van der Waals surface area contributed by atoms with Crippen molar-refractivity contribution in [3.8, 4) is 0 Å². The number of likely N-dealkylation sites (tertiary alicyclic amines) is 1. The maximum Gasteiger partial charge on any atom is 0.291 e. The molecule has 3 fully saturated rings. The van der Waals surface area contributed by atoms with Gasteiger partial charge in [0, 0.05) is 12.5 Å². The molecule has 0 aromatic carbocycles. The molecular weight excluding hydrogens is 358 g/mol. The topological polar surface area (TPSA) is 101 Å². The lowest BCUT2D eigenvalue weighted by atomic mass is 9.92. The van der Waals surface area contributed by atoms with E-state index in [2.05, 4.69) is 20.5 Å². The zero-order chi connectivity index (χ0) is 19.3. The molecule has 2 atom stereocenters. The van der Waals surface area contributed by atoms with Crippen LogP contribution in [0.3, 0.4) is 0 Å². The standard InChI is InChI=1S/C20H23N5O3/c1-12-4-7-14(24-23-12)18(26)22-20-8-2-3-15(20)25(10-9-20)19(27)17-16(13-5-6-13)21-11-28-17/h4,7,11,13,15H,2-3,5-6,8-10H2,1H3,(H,22,26). The molecular formula is C20H23N5O3. The summed E-state index contributed by atoms with van der Waals surface area (Å²) in [5.74, 6) is 0.402. The van der Waals surface area contributed by atoms with Gasteiger partial charge in [0.2, 0.25) is 5.76 Å². The zero-order valence-electron chi connectivity index (χ0n) is 15.9. The van der Waals surface area contributed by atoms with E-state index in [1.165, 1.54) is 6.39 Å². The Labute approximate surface area is 162 Å². The highest BCUT2D eigenvalue weighted by molar-refractivity contribution is 5.95. The van der Waals surface area contributed by atoms with E-state index in [0.29, 0.717) is 23.9 Å². The molecule has 2 aliphatic carbocycles.